The van der Waals surface area contributed by atoms with Crippen molar-refractivity contribution in [1.29, 1.82) is 0 Å². The minimum Gasteiger partial charge on any atom is -0.504 e. The summed E-state index contributed by atoms with van der Waals surface area (Å²) in [6.07, 6.45) is 1.60. The van der Waals surface area contributed by atoms with Gasteiger partial charge in [0.05, 0.1) is 23.3 Å². The molecule has 1 fully saturated rings. The largest absolute Gasteiger partial charge is 0.504 e. The van der Waals surface area contributed by atoms with Gasteiger partial charge in [-0.25, -0.2) is 9.79 Å². The number of aromatic carboxylic acids is 1. The summed E-state index contributed by atoms with van der Waals surface area (Å²) in [6, 6.07) is 11.2. The molecule has 1 saturated heterocycles. The molecule has 2 aromatic rings. The third-order valence-electron chi connectivity index (χ3n) is 4.08. The Hall–Kier alpha value is -3.26. The van der Waals surface area contributed by atoms with E-state index in [0.717, 1.165) is 0 Å². The van der Waals surface area contributed by atoms with E-state index in [4.69, 9.17) is 9.84 Å². The molecule has 0 bridgehead atoms. The SMILES string of the molecule is CCN1C(=O)/C(=C\c2cccc(OC)c2O)SC1=Nc1ccc(C(=O)O)cc1. The minimum atomic E-state index is -1.01. The molecule has 1 aliphatic rings. The van der Waals surface area contributed by atoms with Gasteiger partial charge < -0.3 is 14.9 Å². The smallest absolute Gasteiger partial charge is 0.335 e. The van der Waals surface area contributed by atoms with E-state index >= 15 is 0 Å². The van der Waals surface area contributed by atoms with Crippen molar-refractivity contribution in [2.45, 2.75) is 6.92 Å². The van der Waals surface area contributed by atoms with E-state index in [1.807, 2.05) is 6.92 Å². The maximum Gasteiger partial charge on any atom is 0.335 e. The van der Waals surface area contributed by atoms with Crippen molar-refractivity contribution in [3.05, 3.63) is 58.5 Å². The highest BCUT2D eigenvalue weighted by atomic mass is 32.2. The number of phenolic OH excluding ortho intramolecular Hbond substituents is 1. The lowest BCUT2D eigenvalue weighted by atomic mass is 10.1. The molecular formula is C20H18N2O5S. The summed E-state index contributed by atoms with van der Waals surface area (Å²) in [5.41, 5.74) is 1.18. The van der Waals surface area contributed by atoms with Crippen LogP contribution < -0.4 is 4.74 Å². The van der Waals surface area contributed by atoms with E-state index in [1.54, 1.807) is 36.4 Å². The van der Waals surface area contributed by atoms with Gasteiger partial charge in [-0.3, -0.25) is 9.69 Å². The third-order valence-corrected chi connectivity index (χ3v) is 5.09. The number of thioether (sulfide) groups is 1. The number of nitrogens with zero attached hydrogens (tertiary/aromatic N) is 2. The van der Waals surface area contributed by atoms with Gasteiger partial charge in [-0.2, -0.15) is 0 Å². The van der Waals surface area contributed by atoms with Crippen LogP contribution in [0.3, 0.4) is 0 Å². The first-order valence-electron chi connectivity index (χ1n) is 8.44. The van der Waals surface area contributed by atoms with Gasteiger partial charge in [0.15, 0.2) is 16.7 Å². The molecule has 0 radical (unpaired) electrons. The highest BCUT2D eigenvalue weighted by Gasteiger charge is 2.32. The maximum atomic E-state index is 12.7. The van der Waals surface area contributed by atoms with Gasteiger partial charge in [0.1, 0.15) is 0 Å². The highest BCUT2D eigenvalue weighted by molar-refractivity contribution is 8.18. The van der Waals surface area contributed by atoms with E-state index in [9.17, 15) is 14.7 Å². The second-order valence-corrected chi connectivity index (χ2v) is 6.81. The fourth-order valence-electron chi connectivity index (χ4n) is 2.62. The van der Waals surface area contributed by atoms with Crippen molar-refractivity contribution in [2.24, 2.45) is 4.99 Å². The lowest BCUT2D eigenvalue weighted by molar-refractivity contribution is -0.122. The first-order valence-corrected chi connectivity index (χ1v) is 9.25. The highest BCUT2D eigenvalue weighted by Crippen LogP contribution is 2.37. The van der Waals surface area contributed by atoms with Crippen LogP contribution >= 0.6 is 11.8 Å². The van der Waals surface area contributed by atoms with E-state index in [1.165, 1.54) is 35.9 Å². The summed E-state index contributed by atoms with van der Waals surface area (Å²) in [5, 5.41) is 19.7. The molecule has 0 aromatic heterocycles. The summed E-state index contributed by atoms with van der Waals surface area (Å²) in [6.45, 7) is 2.27. The fourth-order valence-corrected chi connectivity index (χ4v) is 3.67. The number of carbonyl (C=O) groups is 2. The predicted octanol–water partition coefficient (Wildman–Crippen LogP) is 3.72. The number of carboxylic acids is 1. The van der Waals surface area contributed by atoms with Gasteiger partial charge in [0, 0.05) is 12.1 Å². The standard InChI is InChI=1S/C20H18N2O5S/c1-3-22-18(24)16(11-13-5-4-6-15(27-2)17(13)23)28-20(22)21-14-9-7-12(8-10-14)19(25)26/h4-11,23H,3H2,1-2H3,(H,25,26)/b16-11+,21-20?. The summed E-state index contributed by atoms with van der Waals surface area (Å²) in [4.78, 5) is 30.1. The molecule has 0 unspecified atom stereocenters. The molecule has 8 heteroatoms. The zero-order chi connectivity index (χ0) is 20.3. The number of hydrogen-bond acceptors (Lipinski definition) is 6. The topological polar surface area (TPSA) is 99.4 Å². The number of para-hydroxylation sites is 1. The van der Waals surface area contributed by atoms with Crippen molar-refractivity contribution >= 4 is 40.6 Å². The van der Waals surface area contributed by atoms with Gasteiger partial charge in [-0.15, -0.1) is 0 Å². The van der Waals surface area contributed by atoms with Crippen LogP contribution in [0.25, 0.3) is 6.08 Å². The lowest BCUT2D eigenvalue weighted by Gasteiger charge is -2.12. The number of aliphatic imine (C=N–C) groups is 1. The van der Waals surface area contributed by atoms with E-state index in [-0.39, 0.29) is 17.2 Å². The normalized spacial score (nSPS) is 16.8. The first kappa shape index (κ1) is 19.5. The monoisotopic (exact) mass is 398 g/mol. The van der Waals surface area contributed by atoms with Crippen LogP contribution in [0.2, 0.25) is 0 Å². The Bertz CT molecular complexity index is 983. The van der Waals surface area contributed by atoms with Gasteiger partial charge in [-0.05, 0) is 55.1 Å². The molecule has 1 aliphatic heterocycles. The van der Waals surface area contributed by atoms with Gasteiger partial charge in [0.2, 0.25) is 0 Å². The Balaban J connectivity index is 1.93. The minimum absolute atomic E-state index is 0.0383. The van der Waals surface area contributed by atoms with Gasteiger partial charge >= 0.3 is 5.97 Å². The average molecular weight is 398 g/mol. The van der Waals surface area contributed by atoms with Crippen LogP contribution in [-0.4, -0.2) is 45.8 Å². The molecule has 0 atom stereocenters. The number of amidine groups is 1. The number of amides is 1. The van der Waals surface area contributed by atoms with Gasteiger partial charge in [-0.1, -0.05) is 12.1 Å². The van der Waals surface area contributed by atoms with Crippen LogP contribution in [0.15, 0.2) is 52.4 Å². The van der Waals surface area contributed by atoms with Crippen molar-refractivity contribution in [3.8, 4) is 11.5 Å². The van der Waals surface area contributed by atoms with Crippen LogP contribution in [0, 0.1) is 0 Å². The second kappa shape index (κ2) is 8.18. The number of phenols is 1. The number of benzene rings is 2. The van der Waals surface area contributed by atoms with Crippen LogP contribution in [0.4, 0.5) is 5.69 Å². The number of methoxy groups -OCH3 is 1. The quantitative estimate of drug-likeness (QED) is 0.745. The first-order chi connectivity index (χ1) is 13.4. The molecule has 1 amide bonds. The Morgan fingerprint density at radius 1 is 1.25 bits per heavy atom. The molecule has 0 aliphatic carbocycles. The van der Waals surface area contributed by atoms with Crippen molar-refractivity contribution in [2.75, 3.05) is 13.7 Å². The number of aromatic hydroxyl groups is 1. The number of carbonyl (C=O) groups excluding carboxylic acids is 1. The number of carboxylic acid groups (broad SMARTS) is 1. The molecule has 1 heterocycles. The Labute approximate surface area is 166 Å². The van der Waals surface area contributed by atoms with Gasteiger partial charge in [0.25, 0.3) is 5.91 Å². The summed E-state index contributed by atoms with van der Waals surface area (Å²) in [5.74, 6) is -0.938. The second-order valence-electron chi connectivity index (χ2n) is 5.80. The average Bonchev–Trinajstić information content (AvgIpc) is 2.98. The van der Waals surface area contributed by atoms with Crippen LogP contribution in [0.1, 0.15) is 22.8 Å². The fraction of sp³-hybridized carbons (Fsp3) is 0.150. The number of likely N-dealkylation sites (N-methyl/N-ethyl adjacent to an activating group) is 1. The summed E-state index contributed by atoms with van der Waals surface area (Å²) >= 11 is 1.19. The Morgan fingerprint density at radius 3 is 2.57 bits per heavy atom. The Kier molecular flexibility index (Phi) is 5.70. The lowest BCUT2D eigenvalue weighted by Crippen LogP contribution is -2.28. The van der Waals surface area contributed by atoms with E-state index in [0.29, 0.717) is 33.6 Å². The summed E-state index contributed by atoms with van der Waals surface area (Å²) < 4.78 is 5.10. The van der Waals surface area contributed by atoms with Crippen molar-refractivity contribution < 1.29 is 24.5 Å². The Morgan fingerprint density at radius 2 is 1.96 bits per heavy atom. The van der Waals surface area contributed by atoms with E-state index < -0.39 is 5.97 Å². The van der Waals surface area contributed by atoms with Crippen LogP contribution in [-0.2, 0) is 4.79 Å². The zero-order valence-electron chi connectivity index (χ0n) is 15.2. The third kappa shape index (κ3) is 3.86. The van der Waals surface area contributed by atoms with Crippen LogP contribution in [0.5, 0.6) is 11.5 Å². The molecule has 144 valence electrons. The summed E-state index contributed by atoms with van der Waals surface area (Å²) in [7, 11) is 1.46. The number of rotatable bonds is 5. The molecule has 7 nitrogen and oxygen atoms in total. The molecule has 28 heavy (non-hydrogen) atoms. The molecule has 3 rings (SSSR count). The zero-order valence-corrected chi connectivity index (χ0v) is 16.1. The van der Waals surface area contributed by atoms with Crippen molar-refractivity contribution in [3.63, 3.8) is 0 Å². The van der Waals surface area contributed by atoms with Crippen molar-refractivity contribution in [1.82, 2.24) is 4.90 Å². The molecule has 2 aromatic carbocycles. The molecule has 0 spiro atoms. The molecule has 2 N–H and O–H groups in total. The molecule has 0 saturated carbocycles. The van der Waals surface area contributed by atoms with E-state index in [2.05, 4.69) is 4.99 Å². The number of ether oxygens (including phenoxy) is 1. The number of hydrogen-bond donors (Lipinski definition) is 2. The maximum absolute atomic E-state index is 12.7. The predicted molar refractivity (Wildman–Crippen MR) is 108 cm³/mol. The molecular weight excluding hydrogens is 380 g/mol.